The molecule has 1 aliphatic rings. The second-order valence-electron chi connectivity index (χ2n) is 4.46. The molecule has 1 aromatic heterocycles. The van der Waals surface area contributed by atoms with Crippen molar-refractivity contribution in [3.63, 3.8) is 0 Å². The van der Waals surface area contributed by atoms with Gasteiger partial charge in [-0.2, -0.15) is 0 Å². The van der Waals surface area contributed by atoms with Crippen molar-refractivity contribution in [2.45, 2.75) is 19.8 Å². The van der Waals surface area contributed by atoms with Crippen LogP contribution in [0.15, 0.2) is 16.7 Å². The lowest BCUT2D eigenvalue weighted by Crippen LogP contribution is -2.36. The molecule has 16 heavy (non-hydrogen) atoms. The summed E-state index contributed by atoms with van der Waals surface area (Å²) < 4.78 is 1.08. The molecule has 0 saturated carbocycles. The number of hydrogen-bond donors (Lipinski definition) is 1. The van der Waals surface area contributed by atoms with Crippen LogP contribution in [0.1, 0.15) is 18.4 Å². The van der Waals surface area contributed by atoms with Crippen LogP contribution in [0.25, 0.3) is 0 Å². The fourth-order valence-electron chi connectivity index (χ4n) is 2.10. The predicted molar refractivity (Wildman–Crippen MR) is 70.7 cm³/mol. The molecule has 1 aromatic rings. The van der Waals surface area contributed by atoms with E-state index in [1.54, 1.807) is 0 Å². The smallest absolute Gasteiger partial charge is 0.128 e. The minimum absolute atomic E-state index is 0.702. The van der Waals surface area contributed by atoms with Gasteiger partial charge >= 0.3 is 0 Å². The van der Waals surface area contributed by atoms with E-state index in [4.69, 9.17) is 5.73 Å². The van der Waals surface area contributed by atoms with Crippen LogP contribution in [0.3, 0.4) is 0 Å². The highest BCUT2D eigenvalue weighted by molar-refractivity contribution is 9.10. The first-order valence-corrected chi connectivity index (χ1v) is 6.57. The van der Waals surface area contributed by atoms with E-state index < -0.39 is 0 Å². The zero-order chi connectivity index (χ0) is 11.5. The van der Waals surface area contributed by atoms with E-state index in [0.717, 1.165) is 29.9 Å². The number of pyridine rings is 1. The maximum atomic E-state index is 5.69. The van der Waals surface area contributed by atoms with Crippen molar-refractivity contribution in [3.8, 4) is 0 Å². The van der Waals surface area contributed by atoms with Crippen LogP contribution >= 0.6 is 15.9 Å². The SMILES string of the molecule is Cc1cc(N2CCC(CN)CC2)ncc1Br. The van der Waals surface area contributed by atoms with Gasteiger partial charge < -0.3 is 10.6 Å². The van der Waals surface area contributed by atoms with E-state index in [0.29, 0.717) is 5.92 Å². The fraction of sp³-hybridized carbons (Fsp3) is 0.583. The summed E-state index contributed by atoms with van der Waals surface area (Å²) in [7, 11) is 0. The van der Waals surface area contributed by atoms with Crippen LogP contribution in [0.5, 0.6) is 0 Å². The summed E-state index contributed by atoms with van der Waals surface area (Å²) in [5.41, 5.74) is 6.93. The summed E-state index contributed by atoms with van der Waals surface area (Å²) in [5.74, 6) is 1.80. The highest BCUT2D eigenvalue weighted by Crippen LogP contribution is 2.24. The molecule has 1 fully saturated rings. The summed E-state index contributed by atoms with van der Waals surface area (Å²) in [6.07, 6.45) is 4.26. The van der Waals surface area contributed by atoms with Crippen LogP contribution in [0.4, 0.5) is 5.82 Å². The predicted octanol–water partition coefficient (Wildman–Crippen LogP) is 2.33. The van der Waals surface area contributed by atoms with Crippen molar-refractivity contribution in [1.29, 1.82) is 0 Å². The number of aryl methyl sites for hydroxylation is 1. The van der Waals surface area contributed by atoms with Crippen molar-refractivity contribution >= 4 is 21.7 Å². The van der Waals surface area contributed by atoms with Crippen molar-refractivity contribution in [3.05, 3.63) is 22.3 Å². The molecule has 0 amide bonds. The third-order valence-corrected chi connectivity index (χ3v) is 4.13. The zero-order valence-electron chi connectivity index (χ0n) is 9.62. The normalized spacial score (nSPS) is 17.8. The third kappa shape index (κ3) is 2.55. The van der Waals surface area contributed by atoms with Gasteiger partial charge in [0.2, 0.25) is 0 Å². The van der Waals surface area contributed by atoms with Crippen molar-refractivity contribution in [1.82, 2.24) is 4.98 Å². The number of aromatic nitrogens is 1. The van der Waals surface area contributed by atoms with E-state index in [1.807, 2.05) is 6.20 Å². The summed E-state index contributed by atoms with van der Waals surface area (Å²) in [6, 6.07) is 2.15. The van der Waals surface area contributed by atoms with E-state index in [9.17, 15) is 0 Å². The Hall–Kier alpha value is -0.610. The first-order valence-electron chi connectivity index (χ1n) is 5.78. The lowest BCUT2D eigenvalue weighted by Gasteiger charge is -2.32. The third-order valence-electron chi connectivity index (χ3n) is 3.30. The maximum Gasteiger partial charge on any atom is 0.128 e. The number of halogens is 1. The molecule has 0 unspecified atom stereocenters. The molecule has 0 spiro atoms. The van der Waals surface area contributed by atoms with Gasteiger partial charge in [0.1, 0.15) is 5.82 Å². The number of anilines is 1. The molecule has 0 bridgehead atoms. The quantitative estimate of drug-likeness (QED) is 0.906. The zero-order valence-corrected chi connectivity index (χ0v) is 11.2. The Morgan fingerprint density at radius 1 is 1.50 bits per heavy atom. The number of rotatable bonds is 2. The molecule has 0 radical (unpaired) electrons. The van der Waals surface area contributed by atoms with Gasteiger partial charge in [-0.3, -0.25) is 0 Å². The van der Waals surface area contributed by atoms with Gasteiger partial charge in [-0.25, -0.2) is 4.98 Å². The van der Waals surface area contributed by atoms with Gasteiger partial charge in [-0.05, 0) is 59.8 Å². The Bertz CT molecular complexity index is 359. The van der Waals surface area contributed by atoms with Gasteiger partial charge in [-0.15, -0.1) is 0 Å². The van der Waals surface area contributed by atoms with E-state index in [2.05, 4.69) is 38.8 Å². The topological polar surface area (TPSA) is 42.1 Å². The van der Waals surface area contributed by atoms with Crippen molar-refractivity contribution in [2.75, 3.05) is 24.5 Å². The minimum Gasteiger partial charge on any atom is -0.357 e. The highest BCUT2D eigenvalue weighted by Gasteiger charge is 2.19. The minimum atomic E-state index is 0.702. The van der Waals surface area contributed by atoms with Crippen molar-refractivity contribution < 1.29 is 0 Å². The number of nitrogens with two attached hydrogens (primary N) is 1. The van der Waals surface area contributed by atoms with Gasteiger partial charge in [-0.1, -0.05) is 0 Å². The number of hydrogen-bond acceptors (Lipinski definition) is 3. The fourth-order valence-corrected chi connectivity index (χ4v) is 2.31. The van der Waals surface area contributed by atoms with E-state index in [1.165, 1.54) is 18.4 Å². The summed E-state index contributed by atoms with van der Waals surface area (Å²) in [5, 5.41) is 0. The number of nitrogens with zero attached hydrogens (tertiary/aromatic N) is 2. The molecule has 0 aliphatic carbocycles. The van der Waals surface area contributed by atoms with E-state index >= 15 is 0 Å². The Labute approximate surface area is 105 Å². The van der Waals surface area contributed by atoms with Gasteiger partial charge in [0.05, 0.1) is 0 Å². The highest BCUT2D eigenvalue weighted by atomic mass is 79.9. The van der Waals surface area contributed by atoms with Crippen LogP contribution in [0, 0.1) is 12.8 Å². The monoisotopic (exact) mass is 283 g/mol. The Kier molecular flexibility index (Phi) is 3.82. The van der Waals surface area contributed by atoms with Crippen LogP contribution in [-0.4, -0.2) is 24.6 Å². The van der Waals surface area contributed by atoms with Crippen LogP contribution in [-0.2, 0) is 0 Å². The van der Waals surface area contributed by atoms with Gasteiger partial charge in [0.25, 0.3) is 0 Å². The number of piperidine rings is 1. The maximum absolute atomic E-state index is 5.69. The van der Waals surface area contributed by atoms with Gasteiger partial charge in [0, 0.05) is 23.8 Å². The molecular formula is C12H18BrN3. The molecule has 88 valence electrons. The van der Waals surface area contributed by atoms with Crippen molar-refractivity contribution in [2.24, 2.45) is 11.7 Å². The van der Waals surface area contributed by atoms with Crippen LogP contribution < -0.4 is 10.6 Å². The van der Waals surface area contributed by atoms with Crippen LogP contribution in [0.2, 0.25) is 0 Å². The van der Waals surface area contributed by atoms with Gasteiger partial charge in [0.15, 0.2) is 0 Å². The average Bonchev–Trinajstić information content (AvgIpc) is 2.33. The molecule has 1 aliphatic heterocycles. The lowest BCUT2D eigenvalue weighted by atomic mass is 9.97. The Balaban J connectivity index is 2.05. The molecule has 3 nitrogen and oxygen atoms in total. The lowest BCUT2D eigenvalue weighted by molar-refractivity contribution is 0.413. The second kappa shape index (κ2) is 5.15. The molecule has 0 atom stereocenters. The molecule has 2 heterocycles. The molecule has 2 rings (SSSR count). The summed E-state index contributed by atoms with van der Waals surface area (Å²) in [6.45, 7) is 5.08. The molecule has 4 heteroatoms. The average molecular weight is 284 g/mol. The van der Waals surface area contributed by atoms with E-state index in [-0.39, 0.29) is 0 Å². The standard InChI is InChI=1S/C12H18BrN3/c1-9-6-12(15-8-11(9)13)16-4-2-10(7-14)3-5-16/h6,8,10H,2-5,7,14H2,1H3. The Morgan fingerprint density at radius 2 is 2.19 bits per heavy atom. The summed E-state index contributed by atoms with van der Waals surface area (Å²) in [4.78, 5) is 6.81. The Morgan fingerprint density at radius 3 is 2.75 bits per heavy atom. The molecular weight excluding hydrogens is 266 g/mol. The summed E-state index contributed by atoms with van der Waals surface area (Å²) >= 11 is 3.48. The molecule has 1 saturated heterocycles. The molecule has 2 N–H and O–H groups in total. The second-order valence-corrected chi connectivity index (χ2v) is 5.31. The first-order chi connectivity index (χ1) is 7.70. The largest absolute Gasteiger partial charge is 0.357 e. The first kappa shape index (κ1) is 11.9. The molecule has 0 aromatic carbocycles.